The monoisotopic (exact) mass is 330 g/mol. The maximum Gasteiger partial charge on any atom is 0.168 e. The first kappa shape index (κ1) is 17.6. The molecule has 3 nitrogen and oxygen atoms in total. The van der Waals surface area contributed by atoms with Gasteiger partial charge in [0.1, 0.15) is 0 Å². The summed E-state index contributed by atoms with van der Waals surface area (Å²) in [5.41, 5.74) is 1.35. The molecule has 2 aliphatic rings. The van der Waals surface area contributed by atoms with Crippen LogP contribution in [0.25, 0.3) is 0 Å². The Hall–Kier alpha value is -1.19. The fourth-order valence-corrected chi connectivity index (χ4v) is 4.73. The molecule has 0 aromatic heterocycles. The van der Waals surface area contributed by atoms with Crippen molar-refractivity contribution in [1.29, 1.82) is 0 Å². The highest BCUT2D eigenvalue weighted by molar-refractivity contribution is 5.95. The van der Waals surface area contributed by atoms with Crippen LogP contribution < -0.4 is 4.90 Å². The molecule has 3 atom stereocenters. The largest absolute Gasteiger partial charge is 0.375 e. The highest BCUT2D eigenvalue weighted by atomic mass is 16.5. The third kappa shape index (κ3) is 4.07. The van der Waals surface area contributed by atoms with Gasteiger partial charge < -0.3 is 9.64 Å². The Balaban J connectivity index is 1.57. The molecule has 1 aromatic carbocycles. The number of piperidine rings is 1. The van der Waals surface area contributed by atoms with Crippen molar-refractivity contribution in [2.24, 2.45) is 5.41 Å². The molecule has 1 aromatic rings. The SMILES string of the molecule is CC[C@@]1(C)C[C@@]2(CCC[NH+](CCC(=O)c3ccccc3)C2)CCO1. The number of Topliss-reactive ketones (excluding diaryl/α,β-unsaturated/α-hetero) is 1. The second-order valence-electron chi connectivity index (χ2n) is 8.15. The smallest absolute Gasteiger partial charge is 0.168 e. The van der Waals surface area contributed by atoms with E-state index in [-0.39, 0.29) is 11.4 Å². The molecule has 2 heterocycles. The van der Waals surface area contributed by atoms with Crippen LogP contribution in [0.3, 0.4) is 0 Å². The Morgan fingerprint density at radius 1 is 1.25 bits per heavy atom. The van der Waals surface area contributed by atoms with Gasteiger partial charge in [0.15, 0.2) is 5.78 Å². The van der Waals surface area contributed by atoms with Gasteiger partial charge in [0.2, 0.25) is 0 Å². The van der Waals surface area contributed by atoms with Gasteiger partial charge in [-0.05, 0) is 39.0 Å². The minimum absolute atomic E-state index is 0.0561. The molecule has 0 bridgehead atoms. The maximum atomic E-state index is 12.4. The fourth-order valence-electron chi connectivity index (χ4n) is 4.73. The lowest BCUT2D eigenvalue weighted by atomic mass is 9.68. The number of hydrogen-bond donors (Lipinski definition) is 1. The van der Waals surface area contributed by atoms with Crippen molar-refractivity contribution in [3.8, 4) is 0 Å². The van der Waals surface area contributed by atoms with E-state index in [9.17, 15) is 4.79 Å². The molecular formula is C21H32NO2+. The normalized spacial score (nSPS) is 33.5. The Labute approximate surface area is 146 Å². The van der Waals surface area contributed by atoms with Gasteiger partial charge in [0, 0.05) is 17.6 Å². The Kier molecular flexibility index (Phi) is 5.41. The van der Waals surface area contributed by atoms with Crippen LogP contribution in [0.2, 0.25) is 0 Å². The standard InChI is InChI=1S/C21H31NO2/c1-3-20(2)16-21(12-15-24-20)11-7-13-22(17-21)14-10-19(23)18-8-5-4-6-9-18/h4-6,8-9H,3,7,10-17H2,1-2H3/p+1/t20-,21+/m0/s1. The average molecular weight is 330 g/mol. The Morgan fingerprint density at radius 3 is 2.79 bits per heavy atom. The number of benzene rings is 1. The van der Waals surface area contributed by atoms with Gasteiger partial charge >= 0.3 is 0 Å². The lowest BCUT2D eigenvalue weighted by Crippen LogP contribution is -3.14. The van der Waals surface area contributed by atoms with E-state index in [0.717, 1.165) is 25.1 Å². The number of hydrogen-bond acceptors (Lipinski definition) is 2. The highest BCUT2D eigenvalue weighted by Gasteiger charge is 2.46. The van der Waals surface area contributed by atoms with Gasteiger partial charge in [-0.25, -0.2) is 0 Å². The zero-order valence-corrected chi connectivity index (χ0v) is 15.3. The van der Waals surface area contributed by atoms with Gasteiger partial charge in [-0.2, -0.15) is 0 Å². The molecule has 24 heavy (non-hydrogen) atoms. The number of likely N-dealkylation sites (tertiary alicyclic amines) is 1. The van der Waals surface area contributed by atoms with Crippen LogP contribution in [0.4, 0.5) is 0 Å². The molecule has 132 valence electrons. The minimum Gasteiger partial charge on any atom is -0.375 e. The van der Waals surface area contributed by atoms with E-state index in [1.54, 1.807) is 4.90 Å². The quantitative estimate of drug-likeness (QED) is 0.842. The Morgan fingerprint density at radius 2 is 2.04 bits per heavy atom. The molecule has 0 amide bonds. The number of carbonyl (C=O) groups is 1. The topological polar surface area (TPSA) is 30.7 Å². The number of quaternary nitrogens is 1. The molecule has 1 spiro atoms. The molecule has 0 saturated carbocycles. The summed E-state index contributed by atoms with van der Waals surface area (Å²) in [6.45, 7) is 8.83. The lowest BCUT2D eigenvalue weighted by Gasteiger charge is -2.49. The van der Waals surface area contributed by atoms with Crippen LogP contribution in [-0.2, 0) is 4.74 Å². The minimum atomic E-state index is 0.0561. The van der Waals surface area contributed by atoms with Crippen molar-refractivity contribution in [2.75, 3.05) is 26.2 Å². The molecule has 2 fully saturated rings. The second kappa shape index (κ2) is 7.37. The van der Waals surface area contributed by atoms with Crippen LogP contribution >= 0.6 is 0 Å². The lowest BCUT2D eigenvalue weighted by molar-refractivity contribution is -0.912. The summed E-state index contributed by atoms with van der Waals surface area (Å²) in [4.78, 5) is 14.0. The first-order valence-corrected chi connectivity index (χ1v) is 9.60. The third-order valence-corrected chi connectivity index (χ3v) is 6.24. The summed E-state index contributed by atoms with van der Waals surface area (Å²) in [7, 11) is 0. The van der Waals surface area contributed by atoms with E-state index >= 15 is 0 Å². The van der Waals surface area contributed by atoms with Crippen molar-refractivity contribution in [3.63, 3.8) is 0 Å². The molecular weight excluding hydrogens is 298 g/mol. The van der Waals surface area contributed by atoms with E-state index < -0.39 is 0 Å². The van der Waals surface area contributed by atoms with Crippen LogP contribution in [0.5, 0.6) is 0 Å². The molecule has 3 rings (SSSR count). The zero-order valence-electron chi connectivity index (χ0n) is 15.3. The summed E-state index contributed by atoms with van der Waals surface area (Å²) in [5, 5.41) is 0. The summed E-state index contributed by atoms with van der Waals surface area (Å²) in [6, 6.07) is 9.72. The predicted molar refractivity (Wildman–Crippen MR) is 96.5 cm³/mol. The highest BCUT2D eigenvalue weighted by Crippen LogP contribution is 2.43. The molecule has 2 aliphatic heterocycles. The summed E-state index contributed by atoms with van der Waals surface area (Å²) in [5.74, 6) is 0.285. The number of ketones is 1. The van der Waals surface area contributed by atoms with E-state index in [1.165, 1.54) is 38.8 Å². The van der Waals surface area contributed by atoms with Crippen LogP contribution in [0.1, 0.15) is 62.7 Å². The van der Waals surface area contributed by atoms with Crippen LogP contribution in [-0.4, -0.2) is 37.6 Å². The molecule has 0 radical (unpaired) electrons. The zero-order chi connectivity index (χ0) is 17.0. The predicted octanol–water partition coefficient (Wildman–Crippen LogP) is 2.90. The summed E-state index contributed by atoms with van der Waals surface area (Å²) < 4.78 is 6.07. The number of carbonyl (C=O) groups excluding carboxylic acids is 1. The van der Waals surface area contributed by atoms with Crippen molar-refractivity contribution < 1.29 is 14.4 Å². The molecule has 1 N–H and O–H groups in total. The molecule has 1 unspecified atom stereocenters. The van der Waals surface area contributed by atoms with E-state index in [2.05, 4.69) is 13.8 Å². The number of ether oxygens (including phenoxy) is 1. The van der Waals surface area contributed by atoms with Gasteiger partial charge in [-0.1, -0.05) is 37.3 Å². The molecule has 2 saturated heterocycles. The van der Waals surface area contributed by atoms with Gasteiger partial charge in [-0.3, -0.25) is 4.79 Å². The van der Waals surface area contributed by atoms with Crippen LogP contribution in [0.15, 0.2) is 30.3 Å². The van der Waals surface area contributed by atoms with Gasteiger partial charge in [-0.15, -0.1) is 0 Å². The second-order valence-corrected chi connectivity index (χ2v) is 8.15. The first-order chi connectivity index (χ1) is 11.5. The third-order valence-electron chi connectivity index (χ3n) is 6.24. The average Bonchev–Trinajstić information content (AvgIpc) is 2.60. The van der Waals surface area contributed by atoms with Crippen molar-refractivity contribution in [3.05, 3.63) is 35.9 Å². The number of nitrogens with one attached hydrogen (secondary N) is 1. The molecule has 3 heteroatoms. The summed E-state index contributed by atoms with van der Waals surface area (Å²) >= 11 is 0. The van der Waals surface area contributed by atoms with Gasteiger partial charge in [0.25, 0.3) is 0 Å². The van der Waals surface area contributed by atoms with Gasteiger partial charge in [0.05, 0.1) is 31.7 Å². The van der Waals surface area contributed by atoms with Crippen molar-refractivity contribution >= 4 is 5.78 Å². The summed E-state index contributed by atoms with van der Waals surface area (Å²) in [6.07, 6.45) is 6.76. The Bertz CT molecular complexity index is 554. The van der Waals surface area contributed by atoms with Crippen molar-refractivity contribution in [1.82, 2.24) is 0 Å². The first-order valence-electron chi connectivity index (χ1n) is 9.60. The van der Waals surface area contributed by atoms with E-state index in [4.69, 9.17) is 4.74 Å². The van der Waals surface area contributed by atoms with E-state index in [0.29, 0.717) is 11.8 Å². The maximum absolute atomic E-state index is 12.4. The van der Waals surface area contributed by atoms with Crippen molar-refractivity contribution in [2.45, 2.75) is 58.0 Å². The van der Waals surface area contributed by atoms with E-state index in [1.807, 2.05) is 30.3 Å². The fraction of sp³-hybridized carbons (Fsp3) is 0.667. The number of rotatable bonds is 5. The molecule has 0 aliphatic carbocycles. The van der Waals surface area contributed by atoms with Crippen LogP contribution in [0, 0.1) is 5.41 Å².